The van der Waals surface area contributed by atoms with Gasteiger partial charge in [-0.25, -0.2) is 10.6 Å². The number of nitrogens with two attached hydrogens (primary N) is 2. The summed E-state index contributed by atoms with van der Waals surface area (Å²) in [5.74, 6) is 11.0. The first-order valence-corrected chi connectivity index (χ1v) is 7.16. The lowest BCUT2D eigenvalue weighted by atomic mass is 10.0. The van der Waals surface area contributed by atoms with Crippen LogP contribution in [0.5, 0.6) is 0 Å². The maximum Gasteiger partial charge on any atom is 0.408 e. The molecular formula is C15H23N5O2. The number of hydrazine groups is 1. The largest absolute Gasteiger partial charge is 0.444 e. The molecule has 22 heavy (non-hydrogen) atoms. The van der Waals surface area contributed by atoms with Crippen LogP contribution < -0.4 is 22.4 Å². The molecule has 0 spiro atoms. The van der Waals surface area contributed by atoms with Crippen molar-refractivity contribution >= 4 is 11.9 Å². The molecule has 0 saturated heterocycles. The van der Waals surface area contributed by atoms with E-state index >= 15 is 0 Å². The predicted molar refractivity (Wildman–Crippen MR) is 84.8 cm³/mol. The molecule has 2 rings (SSSR count). The van der Waals surface area contributed by atoms with Crippen molar-refractivity contribution in [2.75, 3.05) is 0 Å². The van der Waals surface area contributed by atoms with Gasteiger partial charge in [-0.05, 0) is 39.2 Å². The second-order valence-electron chi connectivity index (χ2n) is 6.41. The van der Waals surface area contributed by atoms with Crippen molar-refractivity contribution in [3.05, 3.63) is 35.4 Å². The monoisotopic (exact) mass is 305 g/mol. The summed E-state index contributed by atoms with van der Waals surface area (Å²) >= 11 is 0. The van der Waals surface area contributed by atoms with Gasteiger partial charge in [-0.3, -0.25) is 0 Å². The maximum absolute atomic E-state index is 12.0. The third-order valence-electron chi connectivity index (χ3n) is 3.47. The smallest absolute Gasteiger partial charge is 0.408 e. The Labute approximate surface area is 130 Å². The molecule has 0 radical (unpaired) electrons. The maximum atomic E-state index is 12.0. The molecule has 1 aliphatic rings. The van der Waals surface area contributed by atoms with E-state index in [-0.39, 0.29) is 5.54 Å². The number of amidine groups is 1. The van der Waals surface area contributed by atoms with E-state index in [4.69, 9.17) is 16.4 Å². The van der Waals surface area contributed by atoms with E-state index in [1.54, 1.807) is 0 Å². The predicted octanol–water partition coefficient (Wildman–Crippen LogP) is 1.28. The van der Waals surface area contributed by atoms with E-state index in [0.29, 0.717) is 5.84 Å². The van der Waals surface area contributed by atoms with Gasteiger partial charge >= 0.3 is 6.09 Å². The Morgan fingerprint density at radius 2 is 1.86 bits per heavy atom. The normalized spacial score (nSPS) is 16.8. The van der Waals surface area contributed by atoms with Gasteiger partial charge in [-0.2, -0.15) is 5.10 Å². The van der Waals surface area contributed by atoms with E-state index in [1.165, 1.54) is 0 Å². The van der Waals surface area contributed by atoms with Crippen LogP contribution in [0.15, 0.2) is 29.4 Å². The number of ether oxygens (including phenoxy) is 1. The number of alkyl carbamates (subject to hydrolysis) is 1. The van der Waals surface area contributed by atoms with Crippen LogP contribution in [0.3, 0.4) is 0 Å². The molecule has 1 fully saturated rings. The first kappa shape index (κ1) is 16.1. The number of hydrazone groups is 1. The first-order chi connectivity index (χ1) is 10.3. The average Bonchev–Trinajstić information content (AvgIpc) is 3.19. The highest BCUT2D eigenvalue weighted by molar-refractivity contribution is 5.98. The Morgan fingerprint density at radius 1 is 1.27 bits per heavy atom. The lowest BCUT2D eigenvalue weighted by molar-refractivity contribution is 0.0495. The van der Waals surface area contributed by atoms with Crippen molar-refractivity contribution in [3.63, 3.8) is 0 Å². The van der Waals surface area contributed by atoms with Crippen LogP contribution in [-0.4, -0.2) is 17.5 Å². The van der Waals surface area contributed by atoms with Gasteiger partial charge < -0.3 is 21.3 Å². The highest BCUT2D eigenvalue weighted by Gasteiger charge is 2.46. The number of benzene rings is 1. The van der Waals surface area contributed by atoms with Gasteiger partial charge in [0.1, 0.15) is 5.60 Å². The molecule has 1 aromatic carbocycles. The van der Waals surface area contributed by atoms with Gasteiger partial charge in [0.25, 0.3) is 0 Å². The van der Waals surface area contributed by atoms with E-state index in [2.05, 4.69) is 15.8 Å². The summed E-state index contributed by atoms with van der Waals surface area (Å²) in [5.41, 5.74) is 3.39. The Balaban J connectivity index is 2.09. The van der Waals surface area contributed by atoms with Crippen LogP contribution in [0, 0.1) is 0 Å². The van der Waals surface area contributed by atoms with Crippen LogP contribution in [0.4, 0.5) is 4.79 Å². The molecule has 0 heterocycles. The van der Waals surface area contributed by atoms with Crippen molar-refractivity contribution in [2.45, 2.75) is 44.8 Å². The molecule has 7 nitrogen and oxygen atoms in total. The molecule has 120 valence electrons. The summed E-state index contributed by atoms with van der Waals surface area (Å²) in [6.45, 7) is 5.53. The minimum Gasteiger partial charge on any atom is -0.444 e. The van der Waals surface area contributed by atoms with Crippen molar-refractivity contribution < 1.29 is 9.53 Å². The second kappa shape index (κ2) is 5.84. The molecule has 0 bridgehead atoms. The van der Waals surface area contributed by atoms with E-state index in [0.717, 1.165) is 24.0 Å². The molecule has 1 aromatic rings. The van der Waals surface area contributed by atoms with E-state index < -0.39 is 11.7 Å². The molecule has 0 atom stereocenters. The summed E-state index contributed by atoms with van der Waals surface area (Å²) in [7, 11) is 0. The fraction of sp³-hybridized carbons (Fsp3) is 0.467. The third kappa shape index (κ3) is 3.67. The highest BCUT2D eigenvalue weighted by Crippen LogP contribution is 2.45. The van der Waals surface area contributed by atoms with E-state index in [9.17, 15) is 4.79 Å². The number of amides is 1. The minimum absolute atomic E-state index is 0.336. The molecule has 1 amide bonds. The molecule has 1 saturated carbocycles. The Bertz CT molecular complexity index is 571. The van der Waals surface area contributed by atoms with Gasteiger partial charge in [0.15, 0.2) is 5.84 Å². The zero-order chi connectivity index (χ0) is 16.4. The molecule has 1 aliphatic carbocycles. The van der Waals surface area contributed by atoms with Gasteiger partial charge in [-0.15, -0.1) is 0 Å². The summed E-state index contributed by atoms with van der Waals surface area (Å²) in [6.07, 6.45) is 1.37. The van der Waals surface area contributed by atoms with Gasteiger partial charge in [0.05, 0.1) is 5.54 Å². The van der Waals surface area contributed by atoms with Crippen LogP contribution in [0.1, 0.15) is 44.7 Å². The molecule has 7 heteroatoms. The van der Waals surface area contributed by atoms with Crippen molar-refractivity contribution in [2.24, 2.45) is 16.8 Å². The van der Waals surface area contributed by atoms with E-state index in [1.807, 2.05) is 45.0 Å². The summed E-state index contributed by atoms with van der Waals surface area (Å²) in [6, 6.07) is 7.58. The number of nitrogens with one attached hydrogen (secondary N) is 2. The Kier molecular flexibility index (Phi) is 4.27. The standard InChI is InChI=1S/C15H23N5O2/c1-14(2,3)22-13(21)18-15(8-9-15)11-6-4-10(5-7-11)12(19-16)20-17/h4-7H,8-9,16-17H2,1-3H3,(H,18,21)(H,19,20). The topological polar surface area (TPSA) is 115 Å². The summed E-state index contributed by atoms with van der Waals surface area (Å²) < 4.78 is 5.32. The average molecular weight is 305 g/mol. The fourth-order valence-corrected chi connectivity index (χ4v) is 2.25. The molecular weight excluding hydrogens is 282 g/mol. The number of carbonyl (C=O) groups excluding carboxylic acids is 1. The van der Waals surface area contributed by atoms with Crippen LogP contribution >= 0.6 is 0 Å². The van der Waals surface area contributed by atoms with Crippen LogP contribution in [-0.2, 0) is 10.3 Å². The summed E-state index contributed by atoms with van der Waals surface area (Å²) in [4.78, 5) is 12.0. The summed E-state index contributed by atoms with van der Waals surface area (Å²) in [5, 5.41) is 6.52. The number of rotatable bonds is 3. The lowest BCUT2D eigenvalue weighted by Gasteiger charge is -2.23. The minimum atomic E-state index is -0.511. The molecule has 0 unspecified atom stereocenters. The zero-order valence-electron chi connectivity index (χ0n) is 13.1. The molecule has 6 N–H and O–H groups in total. The molecule has 0 aliphatic heterocycles. The fourth-order valence-electron chi connectivity index (χ4n) is 2.25. The number of hydrogen-bond donors (Lipinski definition) is 4. The first-order valence-electron chi connectivity index (χ1n) is 7.16. The number of nitrogens with zero attached hydrogens (tertiary/aromatic N) is 1. The Hall–Kier alpha value is -2.28. The SMILES string of the molecule is CC(C)(C)OC(=O)NC1(c2ccc(/C(=N/N)NN)cc2)CC1. The van der Waals surface area contributed by atoms with Gasteiger partial charge in [-0.1, -0.05) is 24.3 Å². The number of carbonyl (C=O) groups is 1. The zero-order valence-corrected chi connectivity index (χ0v) is 13.1. The third-order valence-corrected chi connectivity index (χ3v) is 3.47. The second-order valence-corrected chi connectivity index (χ2v) is 6.41. The highest BCUT2D eigenvalue weighted by atomic mass is 16.6. The lowest BCUT2D eigenvalue weighted by Crippen LogP contribution is -2.39. The van der Waals surface area contributed by atoms with Crippen molar-refractivity contribution in [1.82, 2.24) is 10.7 Å². The van der Waals surface area contributed by atoms with Crippen LogP contribution in [0.25, 0.3) is 0 Å². The molecule has 0 aromatic heterocycles. The number of hydrogen-bond acceptors (Lipinski definition) is 5. The Morgan fingerprint density at radius 3 is 2.27 bits per heavy atom. The quantitative estimate of drug-likeness (QED) is 0.291. The van der Waals surface area contributed by atoms with Crippen LogP contribution in [0.2, 0.25) is 0 Å². The van der Waals surface area contributed by atoms with Gasteiger partial charge in [0.2, 0.25) is 0 Å². The van der Waals surface area contributed by atoms with Gasteiger partial charge in [0, 0.05) is 5.56 Å². The van der Waals surface area contributed by atoms with Crippen molar-refractivity contribution in [1.29, 1.82) is 0 Å². The van der Waals surface area contributed by atoms with Crippen molar-refractivity contribution in [3.8, 4) is 0 Å².